The van der Waals surface area contributed by atoms with E-state index in [0.29, 0.717) is 58.7 Å². The molecule has 1 fully saturated rings. The summed E-state index contributed by atoms with van der Waals surface area (Å²) in [7, 11) is 3.09. The van der Waals surface area contributed by atoms with Crippen LogP contribution in [0.2, 0.25) is 10.0 Å². The molecule has 0 radical (unpaired) electrons. The van der Waals surface area contributed by atoms with Gasteiger partial charge >= 0.3 is 0 Å². The quantitative estimate of drug-likeness (QED) is 0.748. The summed E-state index contributed by atoms with van der Waals surface area (Å²) >= 11 is 11.9. The molecule has 0 saturated carbocycles. The largest absolute Gasteiger partial charge is 0.497 e. The molecule has 2 aromatic carbocycles. The monoisotopic (exact) mass is 436 g/mol. The van der Waals surface area contributed by atoms with Gasteiger partial charge in [-0.2, -0.15) is 0 Å². The molecule has 0 unspecified atom stereocenters. The van der Waals surface area contributed by atoms with Gasteiger partial charge in [0.1, 0.15) is 11.5 Å². The second-order valence-electron chi connectivity index (χ2n) is 6.79. The van der Waals surface area contributed by atoms with Crippen molar-refractivity contribution in [3.05, 3.63) is 52.0 Å². The van der Waals surface area contributed by atoms with E-state index in [9.17, 15) is 9.59 Å². The van der Waals surface area contributed by atoms with E-state index in [1.54, 1.807) is 55.5 Å². The van der Waals surface area contributed by atoms with E-state index in [0.717, 1.165) is 0 Å². The first-order valence-corrected chi connectivity index (χ1v) is 9.95. The van der Waals surface area contributed by atoms with Gasteiger partial charge in [-0.15, -0.1) is 0 Å². The Labute approximate surface area is 179 Å². The molecular formula is C21H22Cl2N2O4. The van der Waals surface area contributed by atoms with Gasteiger partial charge in [0.15, 0.2) is 0 Å². The fourth-order valence-electron chi connectivity index (χ4n) is 3.28. The number of benzene rings is 2. The number of carbonyl (C=O) groups is 2. The lowest BCUT2D eigenvalue weighted by Crippen LogP contribution is -2.41. The molecule has 6 nitrogen and oxygen atoms in total. The van der Waals surface area contributed by atoms with Crippen molar-refractivity contribution in [2.24, 2.45) is 5.92 Å². The Morgan fingerprint density at radius 1 is 0.966 bits per heavy atom. The van der Waals surface area contributed by atoms with Crippen LogP contribution in [-0.4, -0.2) is 44.0 Å². The molecule has 0 aromatic heterocycles. The van der Waals surface area contributed by atoms with Gasteiger partial charge in [-0.05, 0) is 43.2 Å². The Morgan fingerprint density at radius 3 is 2.14 bits per heavy atom. The summed E-state index contributed by atoms with van der Waals surface area (Å²) in [6, 6.07) is 10.1. The minimum absolute atomic E-state index is 0.0847. The molecule has 1 heterocycles. The van der Waals surface area contributed by atoms with Gasteiger partial charge in [-0.3, -0.25) is 9.59 Å². The first-order chi connectivity index (χ1) is 13.9. The van der Waals surface area contributed by atoms with E-state index in [1.807, 2.05) is 0 Å². The summed E-state index contributed by atoms with van der Waals surface area (Å²) in [5.74, 6) is 0.754. The molecule has 2 amide bonds. The minimum Gasteiger partial charge on any atom is -0.497 e. The third-order valence-electron chi connectivity index (χ3n) is 4.94. The lowest BCUT2D eigenvalue weighted by Gasteiger charge is -2.31. The lowest BCUT2D eigenvalue weighted by molar-refractivity contribution is -0.121. The maximum Gasteiger partial charge on any atom is 0.254 e. The van der Waals surface area contributed by atoms with Crippen LogP contribution in [0, 0.1) is 5.92 Å². The van der Waals surface area contributed by atoms with Gasteiger partial charge in [0.25, 0.3) is 5.91 Å². The normalized spacial score (nSPS) is 14.4. The van der Waals surface area contributed by atoms with E-state index in [-0.39, 0.29) is 17.7 Å². The zero-order valence-electron chi connectivity index (χ0n) is 16.2. The number of carbonyl (C=O) groups excluding carboxylic acids is 2. The van der Waals surface area contributed by atoms with Gasteiger partial charge in [0.05, 0.1) is 24.3 Å². The Bertz CT molecular complexity index is 889. The molecule has 0 atom stereocenters. The molecule has 0 spiro atoms. The number of hydrogen-bond donors (Lipinski definition) is 1. The molecule has 8 heteroatoms. The van der Waals surface area contributed by atoms with Gasteiger partial charge in [-0.1, -0.05) is 23.2 Å². The fraction of sp³-hybridized carbons (Fsp3) is 0.333. The van der Waals surface area contributed by atoms with Crippen molar-refractivity contribution in [2.75, 3.05) is 32.6 Å². The van der Waals surface area contributed by atoms with E-state index < -0.39 is 0 Å². The van der Waals surface area contributed by atoms with Crippen LogP contribution in [0.5, 0.6) is 11.5 Å². The number of likely N-dealkylation sites (tertiary alicyclic amines) is 1. The van der Waals surface area contributed by atoms with Crippen LogP contribution in [-0.2, 0) is 4.79 Å². The Balaban J connectivity index is 1.60. The maximum absolute atomic E-state index is 12.9. The fourth-order valence-corrected chi connectivity index (χ4v) is 3.57. The summed E-state index contributed by atoms with van der Waals surface area (Å²) < 4.78 is 10.5. The molecule has 0 bridgehead atoms. The van der Waals surface area contributed by atoms with Crippen LogP contribution in [0.4, 0.5) is 5.69 Å². The highest BCUT2D eigenvalue weighted by Crippen LogP contribution is 2.28. The number of nitrogens with zero attached hydrogens (tertiary/aromatic N) is 1. The average molecular weight is 437 g/mol. The number of piperidine rings is 1. The highest BCUT2D eigenvalue weighted by Gasteiger charge is 2.28. The number of rotatable bonds is 5. The molecule has 29 heavy (non-hydrogen) atoms. The van der Waals surface area contributed by atoms with Crippen molar-refractivity contribution in [1.29, 1.82) is 0 Å². The Hall–Kier alpha value is -2.44. The van der Waals surface area contributed by atoms with Crippen LogP contribution in [0.15, 0.2) is 36.4 Å². The zero-order chi connectivity index (χ0) is 21.0. The first-order valence-electron chi connectivity index (χ1n) is 9.19. The molecule has 3 rings (SSSR count). The highest BCUT2D eigenvalue weighted by atomic mass is 35.5. The van der Waals surface area contributed by atoms with Crippen LogP contribution in [0.3, 0.4) is 0 Å². The lowest BCUT2D eigenvalue weighted by atomic mass is 9.95. The Kier molecular flexibility index (Phi) is 6.87. The zero-order valence-corrected chi connectivity index (χ0v) is 17.7. The molecule has 0 aliphatic carbocycles. The van der Waals surface area contributed by atoms with Crippen molar-refractivity contribution >= 4 is 40.7 Å². The van der Waals surface area contributed by atoms with Crippen LogP contribution < -0.4 is 14.8 Å². The van der Waals surface area contributed by atoms with E-state index in [4.69, 9.17) is 32.7 Å². The Morgan fingerprint density at radius 2 is 1.59 bits per heavy atom. The number of ether oxygens (including phenoxy) is 2. The maximum atomic E-state index is 12.9. The number of anilines is 1. The third kappa shape index (κ3) is 5.14. The molecule has 2 aromatic rings. The van der Waals surface area contributed by atoms with Crippen molar-refractivity contribution < 1.29 is 19.1 Å². The van der Waals surface area contributed by atoms with Crippen molar-refractivity contribution in [3.63, 3.8) is 0 Å². The molecule has 1 aliphatic heterocycles. The standard InChI is InChI=1S/C21H22Cl2N2O4/c1-28-16-9-14(10-17(12-16)29-2)21(27)25-7-5-13(6-8-25)20(26)24-15-3-4-18(22)19(23)11-15/h3-4,9-13H,5-8H2,1-2H3,(H,24,26). The number of amides is 2. The van der Waals surface area contributed by atoms with Crippen molar-refractivity contribution in [3.8, 4) is 11.5 Å². The average Bonchev–Trinajstić information content (AvgIpc) is 2.75. The van der Waals surface area contributed by atoms with Gasteiger partial charge in [0, 0.05) is 36.3 Å². The number of nitrogens with one attached hydrogen (secondary N) is 1. The SMILES string of the molecule is COc1cc(OC)cc(C(=O)N2CCC(C(=O)Nc3ccc(Cl)c(Cl)c3)CC2)c1. The van der Waals surface area contributed by atoms with Gasteiger partial charge in [-0.25, -0.2) is 0 Å². The second-order valence-corrected chi connectivity index (χ2v) is 7.60. The topological polar surface area (TPSA) is 67.9 Å². The smallest absolute Gasteiger partial charge is 0.254 e. The van der Waals surface area contributed by atoms with E-state index in [1.165, 1.54) is 0 Å². The highest BCUT2D eigenvalue weighted by molar-refractivity contribution is 6.42. The predicted octanol–water partition coefficient (Wildman–Crippen LogP) is 4.50. The molecule has 1 N–H and O–H groups in total. The van der Waals surface area contributed by atoms with E-state index in [2.05, 4.69) is 5.32 Å². The summed E-state index contributed by atoms with van der Waals surface area (Å²) in [6.45, 7) is 0.996. The number of halogens is 2. The second kappa shape index (κ2) is 9.37. The van der Waals surface area contributed by atoms with Gasteiger partial charge < -0.3 is 19.7 Å². The molecule has 1 aliphatic rings. The van der Waals surface area contributed by atoms with E-state index >= 15 is 0 Å². The predicted molar refractivity (Wildman–Crippen MR) is 113 cm³/mol. The first kappa shape index (κ1) is 21.3. The minimum atomic E-state index is -0.173. The summed E-state index contributed by atoms with van der Waals surface area (Å²) in [6.07, 6.45) is 1.17. The third-order valence-corrected chi connectivity index (χ3v) is 5.68. The molecule has 154 valence electrons. The van der Waals surface area contributed by atoms with Crippen molar-refractivity contribution in [1.82, 2.24) is 4.90 Å². The molecule has 1 saturated heterocycles. The molecular weight excluding hydrogens is 415 g/mol. The number of hydrogen-bond acceptors (Lipinski definition) is 4. The van der Waals surface area contributed by atoms with Gasteiger partial charge in [0.2, 0.25) is 5.91 Å². The van der Waals surface area contributed by atoms with Crippen molar-refractivity contribution in [2.45, 2.75) is 12.8 Å². The summed E-state index contributed by atoms with van der Waals surface area (Å²) in [4.78, 5) is 27.2. The summed E-state index contributed by atoms with van der Waals surface area (Å²) in [5, 5.41) is 3.69. The van der Waals surface area contributed by atoms with Crippen LogP contribution in [0.25, 0.3) is 0 Å². The summed E-state index contributed by atoms with van der Waals surface area (Å²) in [5.41, 5.74) is 1.10. The van der Waals surface area contributed by atoms with Crippen LogP contribution in [0.1, 0.15) is 23.2 Å². The van der Waals surface area contributed by atoms with Crippen LogP contribution >= 0.6 is 23.2 Å². The number of methoxy groups -OCH3 is 2.